The van der Waals surface area contributed by atoms with Crippen LogP contribution in [0.2, 0.25) is 0 Å². The van der Waals surface area contributed by atoms with Crippen LogP contribution in [0, 0.1) is 5.92 Å². The zero-order valence-electron chi connectivity index (χ0n) is 18.9. The Morgan fingerprint density at radius 1 is 0.939 bits per heavy atom. The average molecular weight is 447 g/mol. The molecule has 0 aliphatic carbocycles. The Bertz CT molecular complexity index is 1080. The van der Waals surface area contributed by atoms with Gasteiger partial charge in [0, 0.05) is 5.39 Å². The highest BCUT2D eigenvalue weighted by Crippen LogP contribution is 2.13. The summed E-state index contributed by atoms with van der Waals surface area (Å²) in [7, 11) is -1.69. The second-order valence-electron chi connectivity index (χ2n) is 8.60. The van der Waals surface area contributed by atoms with E-state index in [0.29, 0.717) is 24.8 Å². The van der Waals surface area contributed by atoms with Crippen LogP contribution in [-0.4, -0.2) is 45.9 Å². The molecule has 7 nitrogen and oxygen atoms in total. The molecule has 0 spiro atoms. The predicted molar refractivity (Wildman–Crippen MR) is 129 cm³/mol. The van der Waals surface area contributed by atoms with Crippen molar-refractivity contribution in [3.05, 3.63) is 78.0 Å². The van der Waals surface area contributed by atoms with Crippen molar-refractivity contribution in [2.24, 2.45) is 5.92 Å². The largest absolute Gasteiger partial charge is 0.475 e. The van der Waals surface area contributed by atoms with Gasteiger partial charge in [0.25, 0.3) is 5.91 Å². The molecule has 0 aliphatic heterocycles. The molecule has 3 rings (SSSR count). The van der Waals surface area contributed by atoms with Crippen molar-refractivity contribution in [1.29, 1.82) is 0 Å². The lowest BCUT2D eigenvalue weighted by atomic mass is 9.75. The van der Waals surface area contributed by atoms with Crippen molar-refractivity contribution < 1.29 is 19.6 Å². The van der Waals surface area contributed by atoms with Crippen LogP contribution in [0.4, 0.5) is 0 Å². The minimum Gasteiger partial charge on any atom is -0.426 e. The summed E-state index contributed by atoms with van der Waals surface area (Å²) in [6.45, 7) is 3.86. The van der Waals surface area contributed by atoms with E-state index < -0.39 is 30.9 Å². The summed E-state index contributed by atoms with van der Waals surface area (Å²) in [4.78, 5) is 30.4. The van der Waals surface area contributed by atoms with E-state index in [9.17, 15) is 19.6 Å². The van der Waals surface area contributed by atoms with Crippen molar-refractivity contribution in [2.45, 2.75) is 45.1 Å². The molecule has 0 saturated heterocycles. The Morgan fingerprint density at radius 2 is 1.64 bits per heavy atom. The molecular formula is C25H30BN3O4. The molecule has 1 heterocycles. The van der Waals surface area contributed by atoms with Crippen LogP contribution in [0.1, 0.15) is 42.7 Å². The standard InChI is InChI=1S/C25H30BN3O4/c1-17(2)16-23(26(32)33)29-25(31)22(14-12-18-8-4-3-5-9-18)28-24(30)21-15-13-19-10-6-7-11-20(19)27-21/h3-11,13,15,17,22-23,32-33H,12,14,16H2,1-2H3,(H,28,30)(H,29,31)/t22-,23-/m0/s1. The molecule has 2 aromatic carbocycles. The van der Waals surface area contributed by atoms with Crippen molar-refractivity contribution >= 4 is 29.8 Å². The lowest BCUT2D eigenvalue weighted by Gasteiger charge is -2.24. The van der Waals surface area contributed by atoms with Crippen molar-refractivity contribution in [3.63, 3.8) is 0 Å². The zero-order chi connectivity index (χ0) is 23.8. The fourth-order valence-corrected chi connectivity index (χ4v) is 3.70. The van der Waals surface area contributed by atoms with Crippen LogP contribution in [0.25, 0.3) is 10.9 Å². The Kier molecular flexibility index (Phi) is 8.57. The summed E-state index contributed by atoms with van der Waals surface area (Å²) >= 11 is 0. The Hall–Kier alpha value is -3.23. The van der Waals surface area contributed by atoms with Gasteiger partial charge in [0.05, 0.1) is 11.5 Å². The number of nitrogens with one attached hydrogen (secondary N) is 2. The predicted octanol–water partition coefficient (Wildman–Crippen LogP) is 2.51. The van der Waals surface area contributed by atoms with Gasteiger partial charge < -0.3 is 20.7 Å². The Labute approximate surface area is 194 Å². The second kappa shape index (κ2) is 11.6. The molecular weight excluding hydrogens is 417 g/mol. The number of aryl methyl sites for hydroxylation is 1. The fourth-order valence-electron chi connectivity index (χ4n) is 3.70. The van der Waals surface area contributed by atoms with Crippen molar-refractivity contribution in [1.82, 2.24) is 15.6 Å². The number of benzene rings is 2. The van der Waals surface area contributed by atoms with Crippen LogP contribution < -0.4 is 10.6 Å². The summed E-state index contributed by atoms with van der Waals surface area (Å²) in [5.41, 5.74) is 1.94. The summed E-state index contributed by atoms with van der Waals surface area (Å²) in [6, 6.07) is 19.7. The topological polar surface area (TPSA) is 112 Å². The number of hydrogen-bond donors (Lipinski definition) is 4. The number of pyridine rings is 1. The lowest BCUT2D eigenvalue weighted by molar-refractivity contribution is -0.123. The molecule has 172 valence electrons. The molecule has 1 aromatic heterocycles. The van der Waals surface area contributed by atoms with Gasteiger partial charge in [-0.2, -0.15) is 0 Å². The first-order chi connectivity index (χ1) is 15.8. The SMILES string of the molecule is CC(C)C[C@H](NC(=O)[C@H](CCc1ccccc1)NC(=O)c1ccc2ccccc2n1)B(O)O. The van der Waals surface area contributed by atoms with E-state index in [1.807, 2.05) is 74.5 Å². The number of carbonyl (C=O) groups is 2. The second-order valence-corrected chi connectivity index (χ2v) is 8.60. The highest BCUT2D eigenvalue weighted by molar-refractivity contribution is 6.43. The first-order valence-electron chi connectivity index (χ1n) is 11.2. The number of para-hydroxylation sites is 1. The summed E-state index contributed by atoms with van der Waals surface area (Å²) in [6.07, 6.45) is 1.32. The molecule has 2 amide bonds. The van der Waals surface area contributed by atoms with Gasteiger partial charge in [-0.3, -0.25) is 9.59 Å². The normalized spacial score (nSPS) is 12.9. The molecule has 0 fully saturated rings. The maximum atomic E-state index is 13.1. The maximum absolute atomic E-state index is 13.1. The van der Waals surface area contributed by atoms with E-state index in [0.717, 1.165) is 10.9 Å². The van der Waals surface area contributed by atoms with Gasteiger partial charge in [-0.1, -0.05) is 68.4 Å². The van der Waals surface area contributed by atoms with Crippen molar-refractivity contribution in [2.75, 3.05) is 0 Å². The molecule has 3 aromatic rings. The van der Waals surface area contributed by atoms with E-state index in [4.69, 9.17) is 0 Å². The fraction of sp³-hybridized carbons (Fsp3) is 0.320. The molecule has 33 heavy (non-hydrogen) atoms. The third kappa shape index (κ3) is 7.13. The molecule has 8 heteroatoms. The minimum absolute atomic E-state index is 0.149. The minimum atomic E-state index is -1.69. The third-order valence-electron chi connectivity index (χ3n) is 5.43. The first kappa shape index (κ1) is 24.4. The first-order valence-corrected chi connectivity index (χ1v) is 11.2. The number of fused-ring (bicyclic) bond motifs is 1. The smallest absolute Gasteiger partial charge is 0.426 e. The number of hydrogen-bond acceptors (Lipinski definition) is 5. The lowest BCUT2D eigenvalue weighted by Crippen LogP contribution is -2.54. The van der Waals surface area contributed by atoms with Crippen LogP contribution in [0.5, 0.6) is 0 Å². The summed E-state index contributed by atoms with van der Waals surface area (Å²) < 4.78 is 0. The van der Waals surface area contributed by atoms with Crippen LogP contribution >= 0.6 is 0 Å². The molecule has 0 aliphatic rings. The van der Waals surface area contributed by atoms with E-state index in [-0.39, 0.29) is 11.6 Å². The van der Waals surface area contributed by atoms with Crippen LogP contribution in [0.3, 0.4) is 0 Å². The average Bonchev–Trinajstić information content (AvgIpc) is 2.81. The van der Waals surface area contributed by atoms with Gasteiger partial charge in [0.15, 0.2) is 0 Å². The van der Waals surface area contributed by atoms with E-state index in [1.165, 1.54) is 0 Å². The van der Waals surface area contributed by atoms with Gasteiger partial charge in [-0.15, -0.1) is 0 Å². The molecule has 2 atom stereocenters. The summed E-state index contributed by atoms with van der Waals surface area (Å²) in [5.74, 6) is -1.60. The van der Waals surface area contributed by atoms with Gasteiger partial charge in [-0.25, -0.2) is 4.98 Å². The monoisotopic (exact) mass is 447 g/mol. The van der Waals surface area contributed by atoms with Gasteiger partial charge in [0.2, 0.25) is 5.91 Å². The van der Waals surface area contributed by atoms with Crippen LogP contribution in [0.15, 0.2) is 66.7 Å². The molecule has 0 radical (unpaired) electrons. The Morgan fingerprint density at radius 3 is 2.33 bits per heavy atom. The van der Waals surface area contributed by atoms with E-state index >= 15 is 0 Å². The maximum Gasteiger partial charge on any atom is 0.475 e. The van der Waals surface area contributed by atoms with E-state index in [2.05, 4.69) is 15.6 Å². The Balaban J connectivity index is 1.77. The third-order valence-corrected chi connectivity index (χ3v) is 5.43. The number of amides is 2. The van der Waals surface area contributed by atoms with Gasteiger partial charge in [-0.05, 0) is 42.9 Å². The number of aromatic nitrogens is 1. The van der Waals surface area contributed by atoms with Gasteiger partial charge >= 0.3 is 7.12 Å². The summed E-state index contributed by atoms with van der Waals surface area (Å²) in [5, 5.41) is 25.8. The van der Waals surface area contributed by atoms with Gasteiger partial charge in [0.1, 0.15) is 11.7 Å². The molecule has 0 saturated carbocycles. The number of carbonyl (C=O) groups excluding carboxylic acids is 2. The highest BCUT2D eigenvalue weighted by atomic mass is 16.4. The van der Waals surface area contributed by atoms with Crippen molar-refractivity contribution in [3.8, 4) is 0 Å². The number of rotatable bonds is 10. The molecule has 4 N–H and O–H groups in total. The van der Waals surface area contributed by atoms with Crippen LogP contribution in [-0.2, 0) is 11.2 Å². The quantitative estimate of drug-likeness (QED) is 0.357. The molecule has 0 unspecified atom stereocenters. The highest BCUT2D eigenvalue weighted by Gasteiger charge is 2.30. The molecule has 0 bridgehead atoms. The number of nitrogens with zero attached hydrogens (tertiary/aromatic N) is 1. The van der Waals surface area contributed by atoms with E-state index in [1.54, 1.807) is 6.07 Å². The zero-order valence-corrected chi connectivity index (χ0v) is 18.9.